The third-order valence-corrected chi connectivity index (χ3v) is 3.99. The van der Waals surface area contributed by atoms with Gasteiger partial charge in [-0.1, -0.05) is 30.7 Å². The zero-order valence-corrected chi connectivity index (χ0v) is 14.9. The van der Waals surface area contributed by atoms with Crippen molar-refractivity contribution in [3.63, 3.8) is 0 Å². The number of ether oxygens (including phenoxy) is 1. The second kappa shape index (κ2) is 8.44. The van der Waals surface area contributed by atoms with E-state index in [4.69, 9.17) is 16.3 Å². The highest BCUT2D eigenvalue weighted by Crippen LogP contribution is 2.23. The van der Waals surface area contributed by atoms with Crippen LogP contribution < -0.4 is 5.32 Å². The number of anilines is 1. The minimum Gasteiger partial charge on any atom is -0.449 e. The molecule has 1 amide bonds. The van der Waals surface area contributed by atoms with Gasteiger partial charge in [0.15, 0.2) is 6.10 Å². The number of nitro groups is 1. The third kappa shape index (κ3) is 4.80. The number of benzene rings is 2. The van der Waals surface area contributed by atoms with Crippen LogP contribution in [-0.2, 0) is 16.0 Å². The van der Waals surface area contributed by atoms with E-state index in [2.05, 4.69) is 5.32 Å². The summed E-state index contributed by atoms with van der Waals surface area (Å²) in [5.74, 6) is -1.44. The molecule has 0 aliphatic rings. The van der Waals surface area contributed by atoms with Crippen LogP contribution in [0.1, 0.15) is 29.8 Å². The Kier molecular flexibility index (Phi) is 6.30. The zero-order chi connectivity index (χ0) is 19.3. The first-order chi connectivity index (χ1) is 12.3. The number of carbonyl (C=O) groups excluding carboxylic acids is 2. The summed E-state index contributed by atoms with van der Waals surface area (Å²) in [4.78, 5) is 34.5. The highest BCUT2D eigenvalue weighted by atomic mass is 35.5. The number of carbonyl (C=O) groups is 2. The lowest BCUT2D eigenvalue weighted by Crippen LogP contribution is -2.30. The Morgan fingerprint density at radius 2 is 1.88 bits per heavy atom. The molecule has 1 atom stereocenters. The average Bonchev–Trinajstić information content (AvgIpc) is 2.62. The minimum atomic E-state index is -1.11. The molecule has 0 aromatic heterocycles. The first kappa shape index (κ1) is 19.4. The second-order valence-corrected chi connectivity index (χ2v) is 5.92. The lowest BCUT2D eigenvalue weighted by atomic mass is 10.1. The maximum absolute atomic E-state index is 12.2. The Bertz CT molecular complexity index is 836. The maximum Gasteiger partial charge on any atom is 0.340 e. The fourth-order valence-electron chi connectivity index (χ4n) is 2.13. The van der Waals surface area contributed by atoms with Crippen molar-refractivity contribution in [3.8, 4) is 0 Å². The van der Waals surface area contributed by atoms with Gasteiger partial charge in [0.1, 0.15) is 0 Å². The molecule has 0 unspecified atom stereocenters. The van der Waals surface area contributed by atoms with E-state index >= 15 is 0 Å². The van der Waals surface area contributed by atoms with E-state index in [1.165, 1.54) is 19.1 Å². The summed E-state index contributed by atoms with van der Waals surface area (Å²) in [5.41, 5.74) is 1.23. The molecule has 136 valence electrons. The van der Waals surface area contributed by atoms with Crippen molar-refractivity contribution in [2.75, 3.05) is 5.32 Å². The number of nitrogens with zero attached hydrogens (tertiary/aromatic N) is 1. The third-order valence-electron chi connectivity index (χ3n) is 3.66. The van der Waals surface area contributed by atoms with Gasteiger partial charge in [0.05, 0.1) is 15.5 Å². The first-order valence-corrected chi connectivity index (χ1v) is 8.24. The molecule has 0 saturated heterocycles. The van der Waals surface area contributed by atoms with Crippen LogP contribution in [0, 0.1) is 10.1 Å². The van der Waals surface area contributed by atoms with Crippen molar-refractivity contribution >= 4 is 34.9 Å². The molecule has 7 nitrogen and oxygen atoms in total. The van der Waals surface area contributed by atoms with Gasteiger partial charge < -0.3 is 10.1 Å². The van der Waals surface area contributed by atoms with Gasteiger partial charge in [-0.25, -0.2) is 4.79 Å². The Morgan fingerprint density at radius 3 is 2.46 bits per heavy atom. The standard InChI is InChI=1S/C18H17ClN2O5/c1-3-12-4-6-13(7-5-12)20-17(22)11(2)26-18(23)15-10-14(21(24)25)8-9-16(15)19/h4-11H,3H2,1-2H3,(H,20,22)/t11-/m0/s1. The molecule has 2 rings (SSSR count). The van der Waals surface area contributed by atoms with E-state index in [0.717, 1.165) is 18.1 Å². The molecule has 0 saturated carbocycles. The van der Waals surface area contributed by atoms with Crippen LogP contribution >= 0.6 is 11.6 Å². The van der Waals surface area contributed by atoms with Gasteiger partial charge >= 0.3 is 5.97 Å². The number of aryl methyl sites for hydroxylation is 1. The molecule has 8 heteroatoms. The fraction of sp³-hybridized carbons (Fsp3) is 0.222. The minimum absolute atomic E-state index is 0.00311. The molecule has 2 aromatic rings. The highest BCUT2D eigenvalue weighted by Gasteiger charge is 2.22. The molecule has 0 aliphatic heterocycles. The van der Waals surface area contributed by atoms with E-state index in [0.29, 0.717) is 5.69 Å². The number of halogens is 1. The number of nitro benzene ring substituents is 1. The van der Waals surface area contributed by atoms with Crippen LogP contribution in [0.15, 0.2) is 42.5 Å². The van der Waals surface area contributed by atoms with Crippen LogP contribution in [0.2, 0.25) is 5.02 Å². The van der Waals surface area contributed by atoms with Crippen LogP contribution in [0.25, 0.3) is 0 Å². The number of rotatable bonds is 6. The van der Waals surface area contributed by atoms with Crippen LogP contribution in [0.3, 0.4) is 0 Å². The summed E-state index contributed by atoms with van der Waals surface area (Å²) in [7, 11) is 0. The molecular weight excluding hydrogens is 360 g/mol. The van der Waals surface area contributed by atoms with Gasteiger partial charge in [-0.3, -0.25) is 14.9 Å². The summed E-state index contributed by atoms with van der Waals surface area (Å²) < 4.78 is 5.07. The number of esters is 1. The predicted octanol–water partition coefficient (Wildman–Crippen LogP) is 3.99. The van der Waals surface area contributed by atoms with E-state index < -0.39 is 22.9 Å². The zero-order valence-electron chi connectivity index (χ0n) is 14.2. The Hall–Kier alpha value is -2.93. The van der Waals surface area contributed by atoms with Gasteiger partial charge in [0.2, 0.25) is 0 Å². The van der Waals surface area contributed by atoms with Crippen molar-refractivity contribution in [1.29, 1.82) is 0 Å². The van der Waals surface area contributed by atoms with E-state index in [-0.39, 0.29) is 16.3 Å². The Balaban J connectivity index is 2.04. The lowest BCUT2D eigenvalue weighted by Gasteiger charge is -2.14. The van der Waals surface area contributed by atoms with Gasteiger partial charge in [0.25, 0.3) is 11.6 Å². The Morgan fingerprint density at radius 1 is 1.23 bits per heavy atom. The van der Waals surface area contributed by atoms with Gasteiger partial charge in [0, 0.05) is 17.8 Å². The second-order valence-electron chi connectivity index (χ2n) is 5.51. The van der Waals surface area contributed by atoms with Gasteiger partial charge in [-0.2, -0.15) is 0 Å². The van der Waals surface area contributed by atoms with Crippen molar-refractivity contribution in [2.24, 2.45) is 0 Å². The van der Waals surface area contributed by atoms with Crippen molar-refractivity contribution in [2.45, 2.75) is 26.4 Å². The van der Waals surface area contributed by atoms with E-state index in [1.807, 2.05) is 19.1 Å². The van der Waals surface area contributed by atoms with Crippen LogP contribution in [0.5, 0.6) is 0 Å². The van der Waals surface area contributed by atoms with Crippen LogP contribution in [0.4, 0.5) is 11.4 Å². The molecule has 0 bridgehead atoms. The largest absolute Gasteiger partial charge is 0.449 e. The lowest BCUT2D eigenvalue weighted by molar-refractivity contribution is -0.384. The van der Waals surface area contributed by atoms with Crippen molar-refractivity contribution in [1.82, 2.24) is 0 Å². The van der Waals surface area contributed by atoms with Crippen molar-refractivity contribution in [3.05, 3.63) is 68.7 Å². The molecule has 0 spiro atoms. The SMILES string of the molecule is CCc1ccc(NC(=O)[C@H](C)OC(=O)c2cc([N+](=O)[O-])ccc2Cl)cc1. The normalized spacial score (nSPS) is 11.5. The monoisotopic (exact) mass is 376 g/mol. The van der Waals surface area contributed by atoms with Gasteiger partial charge in [-0.05, 0) is 37.1 Å². The molecule has 0 fully saturated rings. The fourth-order valence-corrected chi connectivity index (χ4v) is 2.32. The molecule has 2 aromatic carbocycles. The number of non-ortho nitro benzene ring substituents is 1. The smallest absolute Gasteiger partial charge is 0.340 e. The van der Waals surface area contributed by atoms with E-state index in [1.54, 1.807) is 12.1 Å². The average molecular weight is 377 g/mol. The predicted molar refractivity (Wildman–Crippen MR) is 97.4 cm³/mol. The van der Waals surface area contributed by atoms with Crippen molar-refractivity contribution < 1.29 is 19.2 Å². The molecule has 0 radical (unpaired) electrons. The molecule has 1 N–H and O–H groups in total. The summed E-state index contributed by atoms with van der Waals surface area (Å²) in [5, 5.41) is 13.5. The quantitative estimate of drug-likeness (QED) is 0.466. The molecule has 26 heavy (non-hydrogen) atoms. The number of hydrogen-bond donors (Lipinski definition) is 1. The molecular formula is C18H17ClN2O5. The summed E-state index contributed by atoms with van der Waals surface area (Å²) in [6.45, 7) is 3.42. The van der Waals surface area contributed by atoms with Crippen LogP contribution in [-0.4, -0.2) is 22.9 Å². The summed E-state index contributed by atoms with van der Waals surface area (Å²) in [6, 6.07) is 10.7. The molecule has 0 aliphatic carbocycles. The molecule has 0 heterocycles. The summed E-state index contributed by atoms with van der Waals surface area (Å²) >= 11 is 5.89. The summed E-state index contributed by atoms with van der Waals surface area (Å²) in [6.07, 6.45) is -0.227. The van der Waals surface area contributed by atoms with E-state index in [9.17, 15) is 19.7 Å². The first-order valence-electron chi connectivity index (χ1n) is 7.86. The maximum atomic E-state index is 12.2. The van der Waals surface area contributed by atoms with Gasteiger partial charge in [-0.15, -0.1) is 0 Å². The Labute approximate surface area is 155 Å². The topological polar surface area (TPSA) is 98.5 Å². The number of nitrogens with one attached hydrogen (secondary N) is 1. The number of hydrogen-bond acceptors (Lipinski definition) is 5. The number of amides is 1. The highest BCUT2D eigenvalue weighted by molar-refractivity contribution is 6.33.